The Bertz CT molecular complexity index is 688. The Morgan fingerprint density at radius 1 is 1.39 bits per heavy atom. The summed E-state index contributed by atoms with van der Waals surface area (Å²) >= 11 is 0. The van der Waals surface area contributed by atoms with Crippen LogP contribution in [0.15, 0.2) is 39.9 Å². The van der Waals surface area contributed by atoms with Crippen LogP contribution in [-0.2, 0) is 11.8 Å². The van der Waals surface area contributed by atoms with Crippen molar-refractivity contribution in [3.05, 3.63) is 34.9 Å². The molecule has 1 aromatic rings. The molecule has 1 saturated carbocycles. The molecule has 0 radical (unpaired) electrons. The van der Waals surface area contributed by atoms with Gasteiger partial charge in [0.05, 0.1) is 11.9 Å². The second kappa shape index (κ2) is 6.40. The fourth-order valence-corrected chi connectivity index (χ4v) is 2.42. The highest BCUT2D eigenvalue weighted by Crippen LogP contribution is 2.36. The summed E-state index contributed by atoms with van der Waals surface area (Å²) in [6.07, 6.45) is 5.59. The van der Waals surface area contributed by atoms with Gasteiger partial charge in [0.1, 0.15) is 5.82 Å². The van der Waals surface area contributed by atoms with Crippen LogP contribution in [0.4, 0.5) is 5.69 Å². The Morgan fingerprint density at radius 3 is 2.48 bits per heavy atom. The lowest BCUT2D eigenvalue weighted by molar-refractivity contribution is -0.112. The predicted octanol–water partition coefficient (Wildman–Crippen LogP) is 2.77. The summed E-state index contributed by atoms with van der Waals surface area (Å²) in [7, 11) is 1.81. The van der Waals surface area contributed by atoms with Crippen LogP contribution in [-0.4, -0.2) is 27.9 Å². The number of hydrogen-bond donors (Lipinski definition) is 2. The fourth-order valence-electron chi connectivity index (χ4n) is 2.42. The Labute approximate surface area is 137 Å². The lowest BCUT2D eigenvalue weighted by atomic mass is 10.0. The quantitative estimate of drug-likeness (QED) is 0.482. The Balaban J connectivity index is 2.27. The third-order valence-electron chi connectivity index (χ3n) is 4.00. The molecule has 2 rings (SSSR count). The van der Waals surface area contributed by atoms with Gasteiger partial charge in [-0.1, -0.05) is 5.57 Å². The van der Waals surface area contributed by atoms with Gasteiger partial charge in [0, 0.05) is 29.9 Å². The monoisotopic (exact) mass is 315 g/mol. The van der Waals surface area contributed by atoms with Crippen LogP contribution in [0, 0.1) is 0 Å². The molecule has 0 atom stereocenters. The molecule has 0 saturated heterocycles. The minimum atomic E-state index is -0.167. The predicted molar refractivity (Wildman–Crippen MR) is 93.2 cm³/mol. The summed E-state index contributed by atoms with van der Waals surface area (Å²) < 4.78 is 1.65. The maximum absolute atomic E-state index is 12.7. The molecule has 2 N–H and O–H groups in total. The van der Waals surface area contributed by atoms with Crippen molar-refractivity contribution in [3.8, 4) is 0 Å². The fraction of sp³-hybridized carbons (Fsp3) is 0.471. The van der Waals surface area contributed by atoms with Crippen molar-refractivity contribution < 1.29 is 4.79 Å². The standard InChI is InChI=1S/C17H25N5O/c1-11(2)14(16(23)20-13-9-19-22(6)10-13)12(3)15(18-5)21-17(4)7-8-17/h9-10,21H,5,7-8H2,1-4,6H3,(H,20,23)/b15-12-. The first kappa shape index (κ1) is 17.0. The Morgan fingerprint density at radius 2 is 2.04 bits per heavy atom. The lowest BCUT2D eigenvalue weighted by Gasteiger charge is -2.18. The van der Waals surface area contributed by atoms with Crippen LogP contribution in [0.1, 0.15) is 40.5 Å². The number of aliphatic imine (C=N–C) groups is 1. The molecule has 1 fully saturated rings. The van der Waals surface area contributed by atoms with E-state index in [1.165, 1.54) is 0 Å². The van der Waals surface area contributed by atoms with Gasteiger partial charge in [0.2, 0.25) is 0 Å². The van der Waals surface area contributed by atoms with Gasteiger partial charge in [-0.2, -0.15) is 5.10 Å². The number of carbonyl (C=O) groups is 1. The first-order valence-electron chi connectivity index (χ1n) is 7.69. The molecule has 0 spiro atoms. The van der Waals surface area contributed by atoms with E-state index in [0.717, 1.165) is 24.0 Å². The highest BCUT2D eigenvalue weighted by Gasteiger charge is 2.38. The topological polar surface area (TPSA) is 71.3 Å². The van der Waals surface area contributed by atoms with Gasteiger partial charge in [0.15, 0.2) is 0 Å². The minimum Gasteiger partial charge on any atom is -0.365 e. The summed E-state index contributed by atoms with van der Waals surface area (Å²) in [5.41, 5.74) is 3.08. The molecule has 1 amide bonds. The molecule has 124 valence electrons. The van der Waals surface area contributed by atoms with Gasteiger partial charge in [-0.05, 0) is 47.3 Å². The zero-order valence-corrected chi connectivity index (χ0v) is 14.5. The molecule has 0 unspecified atom stereocenters. The van der Waals surface area contributed by atoms with Gasteiger partial charge in [-0.3, -0.25) is 9.48 Å². The zero-order chi connectivity index (χ0) is 17.2. The van der Waals surface area contributed by atoms with Crippen LogP contribution in [0.25, 0.3) is 0 Å². The van der Waals surface area contributed by atoms with Crippen LogP contribution in [0.5, 0.6) is 0 Å². The molecule has 23 heavy (non-hydrogen) atoms. The van der Waals surface area contributed by atoms with E-state index in [4.69, 9.17) is 0 Å². The smallest absolute Gasteiger partial charge is 0.256 e. The molecular formula is C17H25N5O. The van der Waals surface area contributed by atoms with Crippen molar-refractivity contribution >= 4 is 18.3 Å². The van der Waals surface area contributed by atoms with E-state index in [-0.39, 0.29) is 11.4 Å². The Hall–Kier alpha value is -2.37. The number of hydrogen-bond acceptors (Lipinski definition) is 4. The maximum atomic E-state index is 12.7. The molecule has 0 bridgehead atoms. The van der Waals surface area contributed by atoms with Gasteiger partial charge in [0.25, 0.3) is 5.91 Å². The highest BCUT2D eigenvalue weighted by atomic mass is 16.1. The summed E-state index contributed by atoms with van der Waals surface area (Å²) in [6, 6.07) is 0. The van der Waals surface area contributed by atoms with E-state index in [1.807, 2.05) is 27.8 Å². The lowest BCUT2D eigenvalue weighted by Crippen LogP contribution is -2.28. The van der Waals surface area contributed by atoms with Crippen LogP contribution >= 0.6 is 0 Å². The molecule has 6 nitrogen and oxygen atoms in total. The van der Waals surface area contributed by atoms with Crippen molar-refractivity contribution in [2.45, 2.75) is 46.1 Å². The van der Waals surface area contributed by atoms with Gasteiger partial charge in [-0.15, -0.1) is 0 Å². The van der Waals surface area contributed by atoms with Crippen molar-refractivity contribution in [3.63, 3.8) is 0 Å². The molecule has 1 aliphatic rings. The maximum Gasteiger partial charge on any atom is 0.256 e. The number of rotatable bonds is 6. The zero-order valence-electron chi connectivity index (χ0n) is 14.5. The summed E-state index contributed by atoms with van der Waals surface area (Å²) in [4.78, 5) is 16.8. The first-order chi connectivity index (χ1) is 10.8. The number of allylic oxidation sites excluding steroid dienone is 1. The van der Waals surface area contributed by atoms with Crippen LogP contribution in [0.3, 0.4) is 0 Å². The number of carbonyl (C=O) groups excluding carboxylic acids is 1. The molecule has 0 aliphatic heterocycles. The van der Waals surface area contributed by atoms with Gasteiger partial charge >= 0.3 is 0 Å². The number of anilines is 1. The first-order valence-corrected chi connectivity index (χ1v) is 7.69. The van der Waals surface area contributed by atoms with Crippen molar-refractivity contribution in [2.75, 3.05) is 5.32 Å². The van der Waals surface area contributed by atoms with Crippen molar-refractivity contribution in [1.82, 2.24) is 15.1 Å². The molecular weight excluding hydrogens is 290 g/mol. The van der Waals surface area contributed by atoms with E-state index in [2.05, 4.69) is 34.4 Å². The third-order valence-corrected chi connectivity index (χ3v) is 4.00. The second-order valence-electron chi connectivity index (χ2n) is 6.55. The Kier molecular flexibility index (Phi) is 4.73. The van der Waals surface area contributed by atoms with Crippen molar-refractivity contribution in [2.24, 2.45) is 12.0 Å². The molecule has 1 aliphatic carbocycles. The van der Waals surface area contributed by atoms with Gasteiger partial charge in [-0.25, -0.2) is 4.99 Å². The SMILES string of the molecule is C=N/C(NC1(C)CC1)=C(\C)C(C(=O)Nc1cnn(C)c1)=C(C)C. The average Bonchev–Trinajstić information content (AvgIpc) is 3.05. The summed E-state index contributed by atoms with van der Waals surface area (Å²) in [6.45, 7) is 11.5. The molecule has 6 heteroatoms. The molecule has 1 heterocycles. The number of nitrogens with one attached hydrogen (secondary N) is 2. The van der Waals surface area contributed by atoms with E-state index < -0.39 is 0 Å². The minimum absolute atomic E-state index is 0.0738. The molecule has 0 aromatic carbocycles. The largest absolute Gasteiger partial charge is 0.365 e. The van der Waals surface area contributed by atoms with E-state index in [1.54, 1.807) is 17.1 Å². The second-order valence-corrected chi connectivity index (χ2v) is 6.55. The summed E-state index contributed by atoms with van der Waals surface area (Å²) in [5.74, 6) is 0.502. The van der Waals surface area contributed by atoms with E-state index >= 15 is 0 Å². The normalized spacial score (nSPS) is 16.2. The third kappa shape index (κ3) is 4.09. The van der Waals surface area contributed by atoms with Crippen LogP contribution in [0.2, 0.25) is 0 Å². The van der Waals surface area contributed by atoms with E-state index in [9.17, 15) is 4.79 Å². The number of amides is 1. The van der Waals surface area contributed by atoms with Crippen molar-refractivity contribution in [1.29, 1.82) is 0 Å². The average molecular weight is 315 g/mol. The summed E-state index contributed by atoms with van der Waals surface area (Å²) in [5, 5.41) is 10.3. The highest BCUT2D eigenvalue weighted by molar-refractivity contribution is 6.07. The van der Waals surface area contributed by atoms with Crippen LogP contribution < -0.4 is 10.6 Å². The molecule has 1 aromatic heterocycles. The number of aryl methyl sites for hydroxylation is 1. The van der Waals surface area contributed by atoms with E-state index in [0.29, 0.717) is 17.1 Å². The number of nitrogens with zero attached hydrogens (tertiary/aromatic N) is 3. The van der Waals surface area contributed by atoms with Gasteiger partial charge < -0.3 is 10.6 Å². The number of aromatic nitrogens is 2.